The molecule has 0 atom stereocenters. The van der Waals surface area contributed by atoms with Crippen LogP contribution in [0.2, 0.25) is 5.02 Å². The van der Waals surface area contributed by atoms with Gasteiger partial charge in [0, 0.05) is 12.0 Å². The second-order valence-corrected chi connectivity index (χ2v) is 5.83. The Kier molecular flexibility index (Phi) is 4.36. The first kappa shape index (κ1) is 14.6. The van der Waals surface area contributed by atoms with E-state index in [-0.39, 0.29) is 17.0 Å². The maximum absolute atomic E-state index is 14.7. The molecule has 0 aliphatic heterocycles. The van der Waals surface area contributed by atoms with Gasteiger partial charge in [-0.25, -0.2) is 4.39 Å². The maximum atomic E-state index is 14.7. The van der Waals surface area contributed by atoms with E-state index in [1.807, 2.05) is 13.0 Å². The van der Waals surface area contributed by atoms with Gasteiger partial charge in [0.25, 0.3) is 0 Å². The smallest absolute Gasteiger partial charge is 0.173 e. The van der Waals surface area contributed by atoms with Crippen molar-refractivity contribution in [3.63, 3.8) is 0 Å². The minimum atomic E-state index is -0.342. The molecule has 1 aliphatic rings. The van der Waals surface area contributed by atoms with Crippen LogP contribution in [0.25, 0.3) is 0 Å². The van der Waals surface area contributed by atoms with E-state index in [0.29, 0.717) is 17.1 Å². The molecular weight excluding hydrogens is 265 g/mol. The molecule has 0 amide bonds. The first-order valence-corrected chi connectivity index (χ1v) is 7.16. The Morgan fingerprint density at radius 1 is 1.37 bits per heavy atom. The van der Waals surface area contributed by atoms with Crippen molar-refractivity contribution < 1.29 is 9.13 Å². The molecule has 1 fully saturated rings. The standard InChI is InChI=1S/C15H21ClFNO/c1-10-8-11(13(17)14(19-2)12(10)16)15(9-18)6-4-3-5-7-15/h8H,3-7,9,18H2,1-2H3. The van der Waals surface area contributed by atoms with Crippen molar-refractivity contribution in [2.24, 2.45) is 5.73 Å². The largest absolute Gasteiger partial charge is 0.492 e. The third-order valence-electron chi connectivity index (χ3n) is 4.32. The highest BCUT2D eigenvalue weighted by Crippen LogP contribution is 2.44. The summed E-state index contributed by atoms with van der Waals surface area (Å²) in [5.41, 5.74) is 7.23. The highest BCUT2D eigenvalue weighted by molar-refractivity contribution is 6.32. The van der Waals surface area contributed by atoms with Gasteiger partial charge in [-0.2, -0.15) is 0 Å². The second-order valence-electron chi connectivity index (χ2n) is 5.45. The average Bonchev–Trinajstić information content (AvgIpc) is 2.44. The molecule has 0 heterocycles. The second kappa shape index (κ2) is 5.68. The van der Waals surface area contributed by atoms with Crippen molar-refractivity contribution in [1.82, 2.24) is 0 Å². The highest BCUT2D eigenvalue weighted by atomic mass is 35.5. The molecule has 0 spiro atoms. The van der Waals surface area contributed by atoms with Crippen molar-refractivity contribution in [1.29, 1.82) is 0 Å². The van der Waals surface area contributed by atoms with Crippen LogP contribution in [0.15, 0.2) is 6.07 Å². The van der Waals surface area contributed by atoms with E-state index >= 15 is 0 Å². The molecule has 0 unspecified atom stereocenters. The molecule has 0 bridgehead atoms. The van der Waals surface area contributed by atoms with Crippen molar-refractivity contribution in [2.45, 2.75) is 44.4 Å². The topological polar surface area (TPSA) is 35.2 Å². The lowest BCUT2D eigenvalue weighted by Gasteiger charge is -2.37. The number of hydrogen-bond donors (Lipinski definition) is 1. The molecule has 1 aromatic carbocycles. The van der Waals surface area contributed by atoms with Crippen LogP contribution in [-0.4, -0.2) is 13.7 Å². The summed E-state index contributed by atoms with van der Waals surface area (Å²) in [5, 5.41) is 0.353. The molecular formula is C15H21ClFNO. The molecule has 2 nitrogen and oxygen atoms in total. The van der Waals surface area contributed by atoms with Gasteiger partial charge in [0.2, 0.25) is 0 Å². The first-order valence-electron chi connectivity index (χ1n) is 6.79. The molecule has 2 rings (SSSR count). The zero-order valence-corrected chi connectivity index (χ0v) is 12.3. The monoisotopic (exact) mass is 285 g/mol. The van der Waals surface area contributed by atoms with E-state index in [1.54, 1.807) is 0 Å². The molecule has 0 saturated heterocycles. The van der Waals surface area contributed by atoms with Crippen LogP contribution in [0, 0.1) is 12.7 Å². The summed E-state index contributed by atoms with van der Waals surface area (Å²) in [6, 6.07) is 1.85. The number of aryl methyl sites for hydroxylation is 1. The Labute approximate surface area is 119 Å². The van der Waals surface area contributed by atoms with Crippen molar-refractivity contribution >= 4 is 11.6 Å². The van der Waals surface area contributed by atoms with Crippen LogP contribution in [0.4, 0.5) is 4.39 Å². The molecule has 1 aromatic rings. The lowest BCUT2D eigenvalue weighted by atomic mass is 9.69. The summed E-state index contributed by atoms with van der Waals surface area (Å²) in [4.78, 5) is 0. The third kappa shape index (κ3) is 2.46. The normalized spacial score (nSPS) is 18.4. The minimum absolute atomic E-state index is 0.148. The summed E-state index contributed by atoms with van der Waals surface area (Å²) in [5.74, 6) is -0.194. The summed E-state index contributed by atoms with van der Waals surface area (Å²) >= 11 is 6.10. The van der Waals surface area contributed by atoms with E-state index in [9.17, 15) is 4.39 Å². The van der Waals surface area contributed by atoms with Crippen LogP contribution in [0.1, 0.15) is 43.2 Å². The molecule has 4 heteroatoms. The lowest BCUT2D eigenvalue weighted by Crippen LogP contribution is -2.38. The maximum Gasteiger partial charge on any atom is 0.173 e. The van der Waals surface area contributed by atoms with Crippen LogP contribution >= 0.6 is 11.6 Å². The fraction of sp³-hybridized carbons (Fsp3) is 0.600. The fourth-order valence-corrected chi connectivity index (χ4v) is 3.33. The van der Waals surface area contributed by atoms with E-state index in [1.165, 1.54) is 13.5 Å². The van der Waals surface area contributed by atoms with Crippen LogP contribution in [0.3, 0.4) is 0 Å². The van der Waals surface area contributed by atoms with Crippen molar-refractivity contribution in [2.75, 3.05) is 13.7 Å². The highest BCUT2D eigenvalue weighted by Gasteiger charge is 2.36. The third-order valence-corrected chi connectivity index (χ3v) is 4.79. The predicted octanol–water partition coefficient (Wildman–Crippen LogP) is 3.96. The molecule has 106 valence electrons. The zero-order valence-electron chi connectivity index (χ0n) is 11.6. The van der Waals surface area contributed by atoms with Gasteiger partial charge in [-0.05, 0) is 30.9 Å². The molecule has 1 aliphatic carbocycles. The number of methoxy groups -OCH3 is 1. The summed E-state index contributed by atoms with van der Waals surface area (Å²) in [7, 11) is 1.45. The Balaban J connectivity index is 2.57. The molecule has 2 N–H and O–H groups in total. The Hall–Kier alpha value is -0.800. The van der Waals surface area contributed by atoms with Crippen LogP contribution in [0.5, 0.6) is 5.75 Å². The predicted molar refractivity (Wildman–Crippen MR) is 76.5 cm³/mol. The van der Waals surface area contributed by atoms with Crippen molar-refractivity contribution in [3.05, 3.63) is 28.0 Å². The average molecular weight is 286 g/mol. The Morgan fingerprint density at radius 3 is 2.53 bits per heavy atom. The van der Waals surface area contributed by atoms with Crippen LogP contribution in [-0.2, 0) is 5.41 Å². The number of rotatable bonds is 3. The van der Waals surface area contributed by atoms with Gasteiger partial charge in [-0.1, -0.05) is 36.9 Å². The van der Waals surface area contributed by atoms with E-state index in [0.717, 1.165) is 31.2 Å². The fourth-order valence-electron chi connectivity index (χ4n) is 3.12. The number of benzene rings is 1. The number of halogens is 2. The lowest BCUT2D eigenvalue weighted by molar-refractivity contribution is 0.286. The number of hydrogen-bond acceptors (Lipinski definition) is 2. The quantitative estimate of drug-likeness (QED) is 0.912. The van der Waals surface area contributed by atoms with Gasteiger partial charge < -0.3 is 10.5 Å². The summed E-state index contributed by atoms with van der Waals surface area (Å²) in [6.45, 7) is 2.34. The molecule has 19 heavy (non-hydrogen) atoms. The van der Waals surface area contributed by atoms with Gasteiger partial charge in [-0.3, -0.25) is 0 Å². The van der Waals surface area contributed by atoms with Gasteiger partial charge in [0.05, 0.1) is 12.1 Å². The number of nitrogens with two attached hydrogens (primary N) is 1. The van der Waals surface area contributed by atoms with Gasteiger partial charge >= 0.3 is 0 Å². The number of ether oxygens (including phenoxy) is 1. The van der Waals surface area contributed by atoms with Gasteiger partial charge in [0.15, 0.2) is 11.6 Å². The summed E-state index contributed by atoms with van der Waals surface area (Å²) < 4.78 is 19.8. The van der Waals surface area contributed by atoms with E-state index < -0.39 is 0 Å². The summed E-state index contributed by atoms with van der Waals surface area (Å²) in [6.07, 6.45) is 5.27. The van der Waals surface area contributed by atoms with E-state index in [2.05, 4.69) is 0 Å². The first-order chi connectivity index (χ1) is 9.05. The Morgan fingerprint density at radius 2 is 2.00 bits per heavy atom. The molecule has 0 radical (unpaired) electrons. The molecule has 0 aromatic heterocycles. The Bertz CT molecular complexity index is 470. The molecule has 1 saturated carbocycles. The zero-order chi connectivity index (χ0) is 14.0. The van der Waals surface area contributed by atoms with Crippen LogP contribution < -0.4 is 10.5 Å². The van der Waals surface area contributed by atoms with Crippen molar-refractivity contribution in [3.8, 4) is 5.75 Å². The van der Waals surface area contributed by atoms with Gasteiger partial charge in [-0.15, -0.1) is 0 Å². The SMILES string of the molecule is COc1c(F)c(C2(CN)CCCCC2)cc(C)c1Cl. The minimum Gasteiger partial charge on any atom is -0.492 e. The van der Waals surface area contributed by atoms with Gasteiger partial charge in [0.1, 0.15) is 0 Å². The van der Waals surface area contributed by atoms with E-state index in [4.69, 9.17) is 22.1 Å².